The normalized spacial score (nSPS) is 11.2. The summed E-state index contributed by atoms with van der Waals surface area (Å²) in [6, 6.07) is 14.7. The Kier molecular flexibility index (Phi) is 7.66. The molecule has 1 heterocycles. The van der Waals surface area contributed by atoms with Crippen LogP contribution in [-0.2, 0) is 6.61 Å². The van der Waals surface area contributed by atoms with Crippen molar-refractivity contribution in [3.8, 4) is 11.5 Å². The summed E-state index contributed by atoms with van der Waals surface area (Å²) >= 11 is 9.88. The average Bonchev–Trinajstić information content (AvgIpc) is 2.84. The van der Waals surface area contributed by atoms with Crippen LogP contribution in [0.15, 0.2) is 69.0 Å². The molecule has 0 saturated carbocycles. The van der Waals surface area contributed by atoms with Crippen molar-refractivity contribution in [2.24, 2.45) is 5.10 Å². The van der Waals surface area contributed by atoms with Crippen molar-refractivity contribution >= 4 is 50.3 Å². The molecule has 0 fully saturated rings. The second-order valence-electron chi connectivity index (χ2n) is 7.66. The molecule has 0 aliphatic carbocycles. The van der Waals surface area contributed by atoms with E-state index in [1.807, 2.05) is 13.0 Å². The van der Waals surface area contributed by atoms with Crippen LogP contribution in [-0.4, -0.2) is 27.4 Å². The summed E-state index contributed by atoms with van der Waals surface area (Å²) in [5.74, 6) is 1.17. The van der Waals surface area contributed by atoms with Crippen LogP contribution in [0.2, 0.25) is 5.02 Å². The van der Waals surface area contributed by atoms with E-state index in [4.69, 9.17) is 21.1 Å². The number of hydrogen-bond acceptors (Lipinski definition) is 7. The Hall–Kier alpha value is -3.76. The Morgan fingerprint density at radius 3 is 2.61 bits per heavy atom. The van der Waals surface area contributed by atoms with Gasteiger partial charge in [0.2, 0.25) is 0 Å². The van der Waals surface area contributed by atoms with Crippen LogP contribution in [0.1, 0.15) is 23.9 Å². The lowest BCUT2D eigenvalue weighted by atomic mass is 10.2. The first-order valence-electron chi connectivity index (χ1n) is 10.8. The van der Waals surface area contributed by atoms with E-state index in [2.05, 4.69) is 26.0 Å². The number of nitrogens with zero attached hydrogens (tertiary/aromatic N) is 4. The summed E-state index contributed by atoms with van der Waals surface area (Å²) in [5.41, 5.74) is 1.61. The van der Waals surface area contributed by atoms with Crippen molar-refractivity contribution in [2.75, 3.05) is 6.61 Å². The molecule has 0 saturated heterocycles. The molecule has 9 nitrogen and oxygen atoms in total. The highest BCUT2D eigenvalue weighted by Crippen LogP contribution is 2.37. The first-order chi connectivity index (χ1) is 17.3. The minimum Gasteiger partial charge on any atom is -0.490 e. The molecule has 1 aromatic heterocycles. The summed E-state index contributed by atoms with van der Waals surface area (Å²) < 4.78 is 13.6. The Balaban J connectivity index is 1.62. The highest BCUT2D eigenvalue weighted by atomic mass is 79.9. The molecule has 0 aliphatic heterocycles. The fourth-order valence-electron chi connectivity index (χ4n) is 3.46. The van der Waals surface area contributed by atoms with E-state index in [1.54, 1.807) is 43.3 Å². The molecule has 0 amide bonds. The second kappa shape index (κ2) is 10.9. The van der Waals surface area contributed by atoms with Gasteiger partial charge in [0.1, 0.15) is 12.4 Å². The third-order valence-electron chi connectivity index (χ3n) is 5.15. The third kappa shape index (κ3) is 5.55. The number of nitro groups is 1. The quantitative estimate of drug-likeness (QED) is 0.148. The number of nitro benzene ring substituents is 1. The zero-order chi connectivity index (χ0) is 25.8. The molecule has 0 spiro atoms. The molecule has 0 bridgehead atoms. The highest BCUT2D eigenvalue weighted by Gasteiger charge is 2.14. The van der Waals surface area contributed by atoms with Crippen LogP contribution in [0, 0.1) is 17.0 Å². The summed E-state index contributed by atoms with van der Waals surface area (Å²) in [4.78, 5) is 27.8. The summed E-state index contributed by atoms with van der Waals surface area (Å²) in [5, 5.41) is 15.9. The van der Waals surface area contributed by atoms with Crippen molar-refractivity contribution in [1.29, 1.82) is 0 Å². The number of halogens is 2. The SMILES string of the molecule is CCOc1cc(C=Nn2c(C)nc3ccc(Br)cc3c2=O)cc(Cl)c1OCc1ccc([N+](=O)[O-])cc1. The number of hydrogen-bond donors (Lipinski definition) is 0. The number of fused-ring (bicyclic) bond motifs is 1. The number of aromatic nitrogens is 2. The summed E-state index contributed by atoms with van der Waals surface area (Å²) in [7, 11) is 0. The van der Waals surface area contributed by atoms with Gasteiger partial charge >= 0.3 is 0 Å². The van der Waals surface area contributed by atoms with Gasteiger partial charge in [-0.2, -0.15) is 9.78 Å². The van der Waals surface area contributed by atoms with E-state index in [9.17, 15) is 14.9 Å². The lowest BCUT2D eigenvalue weighted by molar-refractivity contribution is -0.384. The van der Waals surface area contributed by atoms with Gasteiger partial charge < -0.3 is 9.47 Å². The van der Waals surface area contributed by atoms with Gasteiger partial charge in [0.25, 0.3) is 11.2 Å². The molecule has 184 valence electrons. The molecule has 0 radical (unpaired) electrons. The van der Waals surface area contributed by atoms with Gasteiger partial charge in [-0.25, -0.2) is 4.98 Å². The molecule has 0 unspecified atom stereocenters. The topological polar surface area (TPSA) is 109 Å². The smallest absolute Gasteiger partial charge is 0.282 e. The Morgan fingerprint density at radius 2 is 1.92 bits per heavy atom. The molecular formula is C25H20BrClN4O5. The van der Waals surface area contributed by atoms with Crippen LogP contribution < -0.4 is 15.0 Å². The van der Waals surface area contributed by atoms with Crippen molar-refractivity contribution in [3.05, 3.63) is 102 Å². The number of benzene rings is 3. The maximum Gasteiger partial charge on any atom is 0.282 e. The molecule has 3 aromatic carbocycles. The van der Waals surface area contributed by atoms with Crippen molar-refractivity contribution in [1.82, 2.24) is 9.66 Å². The van der Waals surface area contributed by atoms with Crippen molar-refractivity contribution < 1.29 is 14.4 Å². The predicted molar refractivity (Wildman–Crippen MR) is 141 cm³/mol. The number of ether oxygens (including phenoxy) is 2. The minimum absolute atomic E-state index is 0.000908. The van der Waals surface area contributed by atoms with Gasteiger partial charge in [-0.3, -0.25) is 14.9 Å². The number of rotatable bonds is 8. The van der Waals surface area contributed by atoms with E-state index in [0.717, 1.165) is 10.0 Å². The molecule has 4 aromatic rings. The molecule has 36 heavy (non-hydrogen) atoms. The summed E-state index contributed by atoms with van der Waals surface area (Å²) in [6.45, 7) is 4.04. The molecule has 4 rings (SSSR count). The van der Waals surface area contributed by atoms with Crippen LogP contribution in [0.25, 0.3) is 10.9 Å². The minimum atomic E-state index is -0.461. The highest BCUT2D eigenvalue weighted by molar-refractivity contribution is 9.10. The zero-order valence-electron chi connectivity index (χ0n) is 19.3. The fraction of sp³-hybridized carbons (Fsp3) is 0.160. The standard InChI is InChI=1S/C25H20BrClN4O5/c1-3-35-23-11-17(10-21(27)24(23)36-14-16-4-7-19(8-5-16)31(33)34)13-28-30-15(2)29-22-9-6-18(26)12-20(22)25(30)32/h4-13H,3,14H2,1-2H3. The monoisotopic (exact) mass is 570 g/mol. The van der Waals surface area contributed by atoms with E-state index >= 15 is 0 Å². The van der Waals surface area contributed by atoms with E-state index in [-0.39, 0.29) is 22.9 Å². The van der Waals surface area contributed by atoms with Crippen LogP contribution in [0.3, 0.4) is 0 Å². The Bertz CT molecular complexity index is 1540. The average molecular weight is 572 g/mol. The van der Waals surface area contributed by atoms with Gasteiger partial charge in [-0.05, 0) is 67.4 Å². The maximum atomic E-state index is 13.0. The zero-order valence-corrected chi connectivity index (χ0v) is 21.6. The second-order valence-corrected chi connectivity index (χ2v) is 8.98. The van der Waals surface area contributed by atoms with Gasteiger partial charge in [-0.15, -0.1) is 0 Å². The Morgan fingerprint density at radius 1 is 1.17 bits per heavy atom. The fourth-order valence-corrected chi connectivity index (χ4v) is 4.09. The van der Waals surface area contributed by atoms with Gasteiger partial charge in [0.15, 0.2) is 11.5 Å². The van der Waals surface area contributed by atoms with E-state index in [1.165, 1.54) is 23.0 Å². The first kappa shape index (κ1) is 25.3. The molecule has 11 heteroatoms. The van der Waals surface area contributed by atoms with Crippen molar-refractivity contribution in [3.63, 3.8) is 0 Å². The Labute approximate surface area is 219 Å². The van der Waals surface area contributed by atoms with Crippen LogP contribution in [0.4, 0.5) is 5.69 Å². The molecule has 0 aliphatic rings. The van der Waals surface area contributed by atoms with Gasteiger partial charge in [0, 0.05) is 16.6 Å². The van der Waals surface area contributed by atoms with Crippen LogP contribution in [0.5, 0.6) is 11.5 Å². The van der Waals surface area contributed by atoms with Gasteiger partial charge in [0.05, 0.1) is 33.7 Å². The third-order valence-corrected chi connectivity index (χ3v) is 5.93. The number of non-ortho nitro benzene ring substituents is 1. The van der Waals surface area contributed by atoms with E-state index < -0.39 is 4.92 Å². The lowest BCUT2D eigenvalue weighted by Crippen LogP contribution is -2.20. The van der Waals surface area contributed by atoms with E-state index in [0.29, 0.717) is 40.4 Å². The molecular weight excluding hydrogens is 552 g/mol. The van der Waals surface area contributed by atoms with Gasteiger partial charge in [-0.1, -0.05) is 27.5 Å². The molecule has 0 N–H and O–H groups in total. The largest absolute Gasteiger partial charge is 0.490 e. The number of aryl methyl sites for hydroxylation is 1. The first-order valence-corrected chi connectivity index (χ1v) is 12.0. The van der Waals surface area contributed by atoms with Crippen LogP contribution >= 0.6 is 27.5 Å². The maximum absolute atomic E-state index is 13.0. The predicted octanol–water partition coefficient (Wildman–Crippen LogP) is 5.89. The lowest BCUT2D eigenvalue weighted by Gasteiger charge is -2.14. The van der Waals surface area contributed by atoms with Crippen molar-refractivity contribution in [2.45, 2.75) is 20.5 Å². The summed E-state index contributed by atoms with van der Waals surface area (Å²) in [6.07, 6.45) is 1.49. The molecule has 0 atom stereocenters.